The summed E-state index contributed by atoms with van der Waals surface area (Å²) in [5.41, 5.74) is 0.374. The zero-order valence-corrected chi connectivity index (χ0v) is 7.34. The number of rotatable bonds is 2. The van der Waals surface area contributed by atoms with Crippen molar-refractivity contribution in [2.45, 2.75) is 51.6 Å². The van der Waals surface area contributed by atoms with Crippen molar-refractivity contribution in [2.75, 3.05) is 0 Å². The summed E-state index contributed by atoms with van der Waals surface area (Å²) in [4.78, 5) is 0. The number of hydrogen-bond acceptors (Lipinski definition) is 1. The van der Waals surface area contributed by atoms with E-state index in [0.717, 1.165) is 12.3 Å². The fraction of sp³-hybridized carbons (Fsp3) is 1.00. The molecule has 0 aromatic heterocycles. The summed E-state index contributed by atoms with van der Waals surface area (Å²) in [5.74, 6) is 0.969. The normalized spacial score (nSPS) is 44.7. The monoisotopic (exact) mass is 154 g/mol. The van der Waals surface area contributed by atoms with Gasteiger partial charge in [-0.15, -0.1) is 0 Å². The van der Waals surface area contributed by atoms with Gasteiger partial charge in [0.2, 0.25) is 0 Å². The van der Waals surface area contributed by atoms with E-state index in [0.29, 0.717) is 5.41 Å². The number of aliphatic hydroxyl groups is 1. The van der Waals surface area contributed by atoms with Crippen molar-refractivity contribution in [1.29, 1.82) is 0 Å². The van der Waals surface area contributed by atoms with Crippen molar-refractivity contribution < 1.29 is 5.11 Å². The molecular weight excluding hydrogens is 136 g/mol. The lowest BCUT2D eigenvalue weighted by atomic mass is 9.78. The topological polar surface area (TPSA) is 20.2 Å². The van der Waals surface area contributed by atoms with Crippen LogP contribution in [0.25, 0.3) is 0 Å². The lowest BCUT2D eigenvalue weighted by Crippen LogP contribution is -2.30. The van der Waals surface area contributed by atoms with Gasteiger partial charge >= 0.3 is 0 Å². The van der Waals surface area contributed by atoms with Crippen molar-refractivity contribution in [1.82, 2.24) is 0 Å². The van der Waals surface area contributed by atoms with E-state index < -0.39 is 0 Å². The molecule has 1 N–H and O–H groups in total. The van der Waals surface area contributed by atoms with Gasteiger partial charge in [-0.3, -0.25) is 0 Å². The summed E-state index contributed by atoms with van der Waals surface area (Å²) in [6.45, 7) is 2.10. The molecule has 0 amide bonds. The smallest absolute Gasteiger partial charge is 0.0593 e. The van der Waals surface area contributed by atoms with E-state index in [1.165, 1.54) is 32.1 Å². The lowest BCUT2D eigenvalue weighted by molar-refractivity contribution is 0.0284. The molecule has 64 valence electrons. The molecule has 2 aliphatic rings. The molecule has 0 aromatic carbocycles. The highest BCUT2D eigenvalue weighted by Gasteiger charge is 2.48. The Balaban J connectivity index is 2.09. The fourth-order valence-corrected chi connectivity index (χ4v) is 3.14. The first-order valence-corrected chi connectivity index (χ1v) is 4.95. The van der Waals surface area contributed by atoms with Crippen molar-refractivity contribution >= 4 is 0 Å². The lowest BCUT2D eigenvalue weighted by Gasteiger charge is -2.31. The maximum Gasteiger partial charge on any atom is 0.0593 e. The molecule has 1 unspecified atom stereocenters. The summed E-state index contributed by atoms with van der Waals surface area (Å²) in [6.07, 6.45) is 7.64. The minimum Gasteiger partial charge on any atom is -0.393 e. The summed E-state index contributed by atoms with van der Waals surface area (Å²) in [7, 11) is 0. The van der Waals surface area contributed by atoms with Crippen LogP contribution in [0, 0.1) is 11.3 Å². The third-order valence-corrected chi connectivity index (χ3v) is 3.89. The Bertz CT molecular complexity index is 145. The van der Waals surface area contributed by atoms with E-state index in [2.05, 4.69) is 6.92 Å². The second-order valence-corrected chi connectivity index (χ2v) is 4.43. The van der Waals surface area contributed by atoms with Crippen molar-refractivity contribution in [3.63, 3.8) is 0 Å². The predicted octanol–water partition coefficient (Wildman–Crippen LogP) is 2.34. The standard InChI is InChI=1S/C10H18O/c1-2-9(11)10-5-3-8(7-10)4-6-10/h8-9,11H,2-7H2,1H3. The minimum absolute atomic E-state index is 0.00463. The zero-order valence-electron chi connectivity index (χ0n) is 7.34. The molecule has 2 rings (SSSR count). The number of hydrogen-bond donors (Lipinski definition) is 1. The Kier molecular flexibility index (Phi) is 1.71. The molecule has 2 saturated carbocycles. The maximum absolute atomic E-state index is 9.83. The van der Waals surface area contributed by atoms with Gasteiger partial charge in [-0.1, -0.05) is 6.92 Å². The van der Waals surface area contributed by atoms with Gasteiger partial charge in [0, 0.05) is 0 Å². The first kappa shape index (κ1) is 7.60. The van der Waals surface area contributed by atoms with Gasteiger partial charge in [-0.2, -0.15) is 0 Å². The Morgan fingerprint density at radius 2 is 2.09 bits per heavy atom. The SMILES string of the molecule is CCC(O)C12CCC(CC1)C2. The van der Waals surface area contributed by atoms with Crippen LogP contribution in [0.2, 0.25) is 0 Å². The highest BCUT2D eigenvalue weighted by atomic mass is 16.3. The van der Waals surface area contributed by atoms with Crippen LogP contribution in [-0.2, 0) is 0 Å². The summed E-state index contributed by atoms with van der Waals surface area (Å²) < 4.78 is 0. The third kappa shape index (κ3) is 1.01. The molecular formula is C10H18O. The first-order valence-electron chi connectivity index (χ1n) is 4.95. The van der Waals surface area contributed by atoms with E-state index in [4.69, 9.17) is 0 Å². The van der Waals surface area contributed by atoms with Gasteiger partial charge in [0.05, 0.1) is 6.10 Å². The molecule has 11 heavy (non-hydrogen) atoms. The summed E-state index contributed by atoms with van der Waals surface area (Å²) in [6, 6.07) is 0. The summed E-state index contributed by atoms with van der Waals surface area (Å²) in [5, 5.41) is 9.83. The second kappa shape index (κ2) is 2.48. The molecule has 2 fully saturated rings. The van der Waals surface area contributed by atoms with Crippen LogP contribution < -0.4 is 0 Å². The Morgan fingerprint density at radius 3 is 2.45 bits per heavy atom. The van der Waals surface area contributed by atoms with E-state index >= 15 is 0 Å². The largest absolute Gasteiger partial charge is 0.393 e. The fourth-order valence-electron chi connectivity index (χ4n) is 3.14. The van der Waals surface area contributed by atoms with Crippen LogP contribution in [0.4, 0.5) is 0 Å². The molecule has 0 heterocycles. The van der Waals surface area contributed by atoms with Crippen LogP contribution in [-0.4, -0.2) is 11.2 Å². The number of aliphatic hydroxyl groups excluding tert-OH is 1. The van der Waals surface area contributed by atoms with Crippen LogP contribution >= 0.6 is 0 Å². The van der Waals surface area contributed by atoms with Gasteiger partial charge in [-0.05, 0) is 49.9 Å². The van der Waals surface area contributed by atoms with Gasteiger partial charge in [0.1, 0.15) is 0 Å². The number of fused-ring (bicyclic) bond motifs is 2. The molecule has 1 nitrogen and oxygen atoms in total. The zero-order chi connectivity index (χ0) is 7.90. The van der Waals surface area contributed by atoms with Crippen molar-refractivity contribution in [3.05, 3.63) is 0 Å². The average molecular weight is 154 g/mol. The minimum atomic E-state index is -0.00463. The van der Waals surface area contributed by atoms with Gasteiger partial charge < -0.3 is 5.11 Å². The van der Waals surface area contributed by atoms with Gasteiger partial charge in [0.15, 0.2) is 0 Å². The van der Waals surface area contributed by atoms with Crippen LogP contribution in [0.1, 0.15) is 45.4 Å². The molecule has 0 spiro atoms. The summed E-state index contributed by atoms with van der Waals surface area (Å²) >= 11 is 0. The second-order valence-electron chi connectivity index (χ2n) is 4.43. The molecule has 1 heteroatoms. The quantitative estimate of drug-likeness (QED) is 0.647. The van der Waals surface area contributed by atoms with E-state index in [-0.39, 0.29) is 6.10 Å². The van der Waals surface area contributed by atoms with E-state index in [1.807, 2.05) is 0 Å². The average Bonchev–Trinajstić information content (AvgIpc) is 2.62. The molecule has 0 radical (unpaired) electrons. The van der Waals surface area contributed by atoms with Crippen molar-refractivity contribution in [3.8, 4) is 0 Å². The molecule has 0 saturated heterocycles. The first-order chi connectivity index (χ1) is 5.27. The molecule has 0 aliphatic heterocycles. The van der Waals surface area contributed by atoms with Crippen LogP contribution in [0.15, 0.2) is 0 Å². The van der Waals surface area contributed by atoms with E-state index in [9.17, 15) is 5.11 Å². The van der Waals surface area contributed by atoms with Gasteiger partial charge in [0.25, 0.3) is 0 Å². The Labute approximate surface area is 68.8 Å². The predicted molar refractivity (Wildman–Crippen MR) is 45.3 cm³/mol. The highest BCUT2D eigenvalue weighted by Crippen LogP contribution is 2.56. The van der Waals surface area contributed by atoms with Crippen molar-refractivity contribution in [2.24, 2.45) is 11.3 Å². The van der Waals surface area contributed by atoms with Gasteiger partial charge in [-0.25, -0.2) is 0 Å². The molecule has 2 bridgehead atoms. The molecule has 1 atom stereocenters. The van der Waals surface area contributed by atoms with Crippen LogP contribution in [0.3, 0.4) is 0 Å². The maximum atomic E-state index is 9.83. The highest BCUT2D eigenvalue weighted by molar-refractivity contribution is 4.99. The Hall–Kier alpha value is -0.0400. The third-order valence-electron chi connectivity index (χ3n) is 3.89. The Morgan fingerprint density at radius 1 is 1.45 bits per heavy atom. The van der Waals surface area contributed by atoms with Crippen LogP contribution in [0.5, 0.6) is 0 Å². The van der Waals surface area contributed by atoms with E-state index in [1.54, 1.807) is 0 Å². The molecule has 0 aromatic rings. The molecule has 2 aliphatic carbocycles.